The molecule has 1 N–H and O–H groups in total. The van der Waals surface area contributed by atoms with Crippen LogP contribution in [0.2, 0.25) is 0 Å². The Balaban J connectivity index is 1.63. The Morgan fingerprint density at radius 3 is 2.59 bits per heavy atom. The number of para-hydroxylation sites is 2. The largest absolute Gasteiger partial charge is 0.496 e. The number of rotatable bonds is 7. The van der Waals surface area contributed by atoms with Gasteiger partial charge >= 0.3 is 6.18 Å². The minimum atomic E-state index is -4.66. The van der Waals surface area contributed by atoms with Gasteiger partial charge in [-0.05, 0) is 24.1 Å². The average Bonchev–Trinajstić information content (AvgIpc) is 2.71. The van der Waals surface area contributed by atoms with Crippen LogP contribution in [-0.4, -0.2) is 35.3 Å². The minimum absolute atomic E-state index is 0.0514. The number of amides is 1. The van der Waals surface area contributed by atoms with Crippen molar-refractivity contribution in [1.29, 1.82) is 0 Å². The number of methoxy groups -OCH3 is 1. The van der Waals surface area contributed by atoms with Crippen molar-refractivity contribution in [1.82, 2.24) is 15.3 Å². The average molecular weight is 421 g/mol. The third-order valence-corrected chi connectivity index (χ3v) is 5.06. The van der Waals surface area contributed by atoms with Crippen LogP contribution in [0.15, 0.2) is 53.6 Å². The van der Waals surface area contributed by atoms with E-state index in [0.717, 1.165) is 23.1 Å². The molecule has 0 fully saturated rings. The molecule has 0 aliphatic carbocycles. The lowest BCUT2D eigenvalue weighted by atomic mass is 10.1. The molecule has 29 heavy (non-hydrogen) atoms. The summed E-state index contributed by atoms with van der Waals surface area (Å²) in [5.41, 5.74) is 1.15. The van der Waals surface area contributed by atoms with Gasteiger partial charge in [-0.2, -0.15) is 13.2 Å². The Kier molecular flexibility index (Phi) is 6.58. The molecule has 3 rings (SSSR count). The molecular formula is C20H18F3N3O2S. The van der Waals surface area contributed by atoms with Gasteiger partial charge in [0.1, 0.15) is 10.8 Å². The maximum absolute atomic E-state index is 13.1. The molecule has 0 saturated carbocycles. The molecule has 0 atom stereocenters. The summed E-state index contributed by atoms with van der Waals surface area (Å²) in [6.07, 6.45) is -4.08. The van der Waals surface area contributed by atoms with Crippen molar-refractivity contribution < 1.29 is 22.7 Å². The van der Waals surface area contributed by atoms with E-state index in [2.05, 4.69) is 15.3 Å². The molecule has 0 unspecified atom stereocenters. The Bertz CT molecular complexity index is 1010. The van der Waals surface area contributed by atoms with Crippen LogP contribution in [0.4, 0.5) is 13.2 Å². The molecule has 1 amide bonds. The van der Waals surface area contributed by atoms with Gasteiger partial charge in [-0.15, -0.1) is 0 Å². The van der Waals surface area contributed by atoms with Crippen LogP contribution in [-0.2, 0) is 17.4 Å². The maximum atomic E-state index is 13.1. The third-order valence-electron chi connectivity index (χ3n) is 4.07. The van der Waals surface area contributed by atoms with Crippen LogP contribution in [0.3, 0.4) is 0 Å². The number of fused-ring (bicyclic) bond motifs is 1. The lowest BCUT2D eigenvalue weighted by Gasteiger charge is -2.11. The summed E-state index contributed by atoms with van der Waals surface area (Å²) in [4.78, 5) is 19.3. The fourth-order valence-corrected chi connectivity index (χ4v) is 3.56. The number of carbonyl (C=O) groups excluding carboxylic acids is 1. The van der Waals surface area contributed by atoms with E-state index < -0.39 is 12.0 Å². The molecule has 152 valence electrons. The molecule has 0 aliphatic heterocycles. The number of thioether (sulfide) groups is 1. The quantitative estimate of drug-likeness (QED) is 0.460. The summed E-state index contributed by atoms with van der Waals surface area (Å²) in [6.45, 7) is 0.387. The number of alkyl halides is 3. The molecular weight excluding hydrogens is 403 g/mol. The SMILES string of the molecule is COc1ccccc1CCNC(=O)CSc1nc(C(F)(F)F)nc2ccccc12. The second-order valence-electron chi connectivity index (χ2n) is 6.07. The molecule has 0 radical (unpaired) electrons. The topological polar surface area (TPSA) is 64.1 Å². The molecule has 5 nitrogen and oxygen atoms in total. The van der Waals surface area contributed by atoms with Gasteiger partial charge in [0.25, 0.3) is 0 Å². The maximum Gasteiger partial charge on any atom is 0.451 e. The molecule has 1 aromatic heterocycles. The zero-order chi connectivity index (χ0) is 20.9. The number of ether oxygens (including phenoxy) is 1. The number of halogens is 3. The van der Waals surface area contributed by atoms with Crippen LogP contribution >= 0.6 is 11.8 Å². The van der Waals surface area contributed by atoms with Crippen LogP contribution in [0, 0.1) is 0 Å². The molecule has 2 aromatic carbocycles. The van der Waals surface area contributed by atoms with Crippen molar-refractivity contribution in [3.8, 4) is 5.75 Å². The van der Waals surface area contributed by atoms with Gasteiger partial charge in [-0.3, -0.25) is 4.79 Å². The van der Waals surface area contributed by atoms with Crippen LogP contribution in [0.5, 0.6) is 5.75 Å². The predicted octanol–water partition coefficient (Wildman–Crippen LogP) is 4.11. The first-order chi connectivity index (χ1) is 13.9. The van der Waals surface area contributed by atoms with E-state index >= 15 is 0 Å². The van der Waals surface area contributed by atoms with Crippen LogP contribution in [0.25, 0.3) is 10.9 Å². The van der Waals surface area contributed by atoms with Crippen molar-refractivity contribution in [2.45, 2.75) is 17.6 Å². The highest BCUT2D eigenvalue weighted by atomic mass is 32.2. The second-order valence-corrected chi connectivity index (χ2v) is 7.03. The standard InChI is InChI=1S/C20H18F3N3O2S/c1-28-16-9-5-2-6-13(16)10-11-24-17(27)12-29-18-14-7-3-4-8-15(14)25-19(26-18)20(21,22)23/h2-9H,10-12H2,1H3,(H,24,27). The summed E-state index contributed by atoms with van der Waals surface area (Å²) in [5, 5.41) is 3.37. The number of benzene rings is 2. The molecule has 0 saturated heterocycles. The Morgan fingerprint density at radius 2 is 1.83 bits per heavy atom. The van der Waals surface area contributed by atoms with Gasteiger partial charge in [0, 0.05) is 11.9 Å². The summed E-state index contributed by atoms with van der Waals surface area (Å²) in [6, 6.07) is 13.9. The van der Waals surface area contributed by atoms with Crippen molar-refractivity contribution in [2.75, 3.05) is 19.4 Å². The first-order valence-electron chi connectivity index (χ1n) is 8.74. The lowest BCUT2D eigenvalue weighted by Crippen LogP contribution is -2.27. The van der Waals surface area contributed by atoms with Gasteiger partial charge < -0.3 is 10.1 Å². The number of hydrogen-bond donors (Lipinski definition) is 1. The zero-order valence-corrected chi connectivity index (χ0v) is 16.3. The summed E-state index contributed by atoms with van der Waals surface area (Å²) < 4.78 is 44.4. The van der Waals surface area contributed by atoms with Gasteiger partial charge in [0.15, 0.2) is 0 Å². The highest BCUT2D eigenvalue weighted by Crippen LogP contribution is 2.31. The highest BCUT2D eigenvalue weighted by molar-refractivity contribution is 8.00. The molecule has 9 heteroatoms. The number of carbonyl (C=O) groups is 1. The number of aromatic nitrogens is 2. The molecule has 0 aliphatic rings. The van der Waals surface area contributed by atoms with E-state index in [4.69, 9.17) is 4.74 Å². The van der Waals surface area contributed by atoms with E-state index in [1.807, 2.05) is 24.3 Å². The summed E-state index contributed by atoms with van der Waals surface area (Å²) in [5.74, 6) is -0.816. The number of nitrogens with zero attached hydrogens (tertiary/aromatic N) is 2. The Labute approximate surface area is 169 Å². The van der Waals surface area contributed by atoms with Crippen molar-refractivity contribution in [3.05, 3.63) is 59.9 Å². The number of hydrogen-bond acceptors (Lipinski definition) is 5. The Hall–Kier alpha value is -2.81. The summed E-state index contributed by atoms with van der Waals surface area (Å²) >= 11 is 0.954. The highest BCUT2D eigenvalue weighted by Gasteiger charge is 2.35. The van der Waals surface area contributed by atoms with E-state index in [1.165, 1.54) is 6.07 Å². The van der Waals surface area contributed by atoms with Crippen LogP contribution < -0.4 is 10.1 Å². The zero-order valence-electron chi connectivity index (χ0n) is 15.5. The first-order valence-corrected chi connectivity index (χ1v) is 9.72. The van der Waals surface area contributed by atoms with Gasteiger partial charge in [0.2, 0.25) is 11.7 Å². The Morgan fingerprint density at radius 1 is 1.10 bits per heavy atom. The van der Waals surface area contributed by atoms with E-state index in [-0.39, 0.29) is 22.2 Å². The first kappa shape index (κ1) is 20.9. The molecule has 0 bridgehead atoms. The van der Waals surface area contributed by atoms with Crippen molar-refractivity contribution >= 4 is 28.6 Å². The fourth-order valence-electron chi connectivity index (χ4n) is 2.72. The minimum Gasteiger partial charge on any atom is -0.496 e. The third kappa shape index (κ3) is 5.38. The molecule has 1 heterocycles. The second kappa shape index (κ2) is 9.13. The van der Waals surface area contributed by atoms with E-state index in [9.17, 15) is 18.0 Å². The van der Waals surface area contributed by atoms with Gasteiger partial charge in [-0.1, -0.05) is 48.2 Å². The molecule has 3 aromatic rings. The fraction of sp³-hybridized carbons (Fsp3) is 0.250. The molecule has 0 spiro atoms. The monoisotopic (exact) mass is 421 g/mol. The van der Waals surface area contributed by atoms with Crippen LogP contribution in [0.1, 0.15) is 11.4 Å². The summed E-state index contributed by atoms with van der Waals surface area (Å²) in [7, 11) is 1.58. The van der Waals surface area contributed by atoms with E-state index in [1.54, 1.807) is 25.3 Å². The van der Waals surface area contributed by atoms with Gasteiger partial charge in [-0.25, -0.2) is 9.97 Å². The van der Waals surface area contributed by atoms with Crippen molar-refractivity contribution in [3.63, 3.8) is 0 Å². The van der Waals surface area contributed by atoms with Crippen molar-refractivity contribution in [2.24, 2.45) is 0 Å². The number of nitrogens with one attached hydrogen (secondary N) is 1. The smallest absolute Gasteiger partial charge is 0.451 e. The van der Waals surface area contributed by atoms with E-state index in [0.29, 0.717) is 18.4 Å². The van der Waals surface area contributed by atoms with Gasteiger partial charge in [0.05, 0.1) is 18.4 Å². The lowest BCUT2D eigenvalue weighted by molar-refractivity contribution is -0.145. The predicted molar refractivity (Wildman–Crippen MR) is 105 cm³/mol. The normalized spacial score (nSPS) is 11.4.